The van der Waals surface area contributed by atoms with Gasteiger partial charge in [0.2, 0.25) is 10.0 Å². The number of allylic oxidation sites excluding steroid dienone is 1. The predicted octanol–water partition coefficient (Wildman–Crippen LogP) is 1.88. The van der Waals surface area contributed by atoms with Gasteiger partial charge in [0.15, 0.2) is 0 Å². The molecule has 1 aliphatic rings. The lowest BCUT2D eigenvalue weighted by Gasteiger charge is -2.06. The van der Waals surface area contributed by atoms with Gasteiger partial charge in [-0.25, -0.2) is 18.4 Å². The van der Waals surface area contributed by atoms with Crippen molar-refractivity contribution in [2.24, 2.45) is 11.1 Å². The van der Waals surface area contributed by atoms with Crippen molar-refractivity contribution in [2.75, 3.05) is 6.54 Å². The van der Waals surface area contributed by atoms with Gasteiger partial charge in [-0.05, 0) is 42.9 Å². The molecule has 126 valence electrons. The van der Waals surface area contributed by atoms with Crippen LogP contribution in [0.1, 0.15) is 31.2 Å². The highest BCUT2D eigenvalue weighted by atomic mass is 32.2. The standard InChI is InChI=1S/C16H23N3O3S/c17-23(21,22)15-7-5-14(6-8-15)10-12-19-16(20)18-11-9-13-3-1-2-4-13/h5-9,11,13H,1-4,10,12H2,(H2,17,21,22)(H2,18,19,20)/b11-9+. The molecule has 2 amide bonds. The average molecular weight is 337 g/mol. The normalized spacial score (nSPS) is 15.9. The maximum Gasteiger partial charge on any atom is 0.318 e. The van der Waals surface area contributed by atoms with Crippen molar-refractivity contribution >= 4 is 16.1 Å². The average Bonchev–Trinajstić information content (AvgIpc) is 3.00. The van der Waals surface area contributed by atoms with E-state index in [4.69, 9.17) is 5.14 Å². The Labute approximate surface area is 137 Å². The summed E-state index contributed by atoms with van der Waals surface area (Å²) in [7, 11) is -3.66. The molecule has 0 aromatic heterocycles. The van der Waals surface area contributed by atoms with Gasteiger partial charge in [-0.2, -0.15) is 0 Å². The molecule has 1 aromatic carbocycles. The van der Waals surface area contributed by atoms with Crippen molar-refractivity contribution in [3.63, 3.8) is 0 Å². The topological polar surface area (TPSA) is 101 Å². The molecule has 0 atom stereocenters. The van der Waals surface area contributed by atoms with Crippen LogP contribution in [0.3, 0.4) is 0 Å². The smallest absolute Gasteiger partial charge is 0.318 e. The second kappa shape index (κ2) is 8.12. The Bertz CT molecular complexity index is 648. The lowest BCUT2D eigenvalue weighted by atomic mass is 10.1. The minimum atomic E-state index is -3.66. The van der Waals surface area contributed by atoms with Gasteiger partial charge in [0.25, 0.3) is 0 Å². The van der Waals surface area contributed by atoms with Crippen LogP contribution in [0.15, 0.2) is 41.4 Å². The van der Waals surface area contributed by atoms with Crippen LogP contribution in [-0.2, 0) is 16.4 Å². The maximum atomic E-state index is 11.6. The molecule has 1 fully saturated rings. The van der Waals surface area contributed by atoms with Gasteiger partial charge >= 0.3 is 6.03 Å². The number of rotatable bonds is 6. The number of benzene rings is 1. The van der Waals surface area contributed by atoms with Crippen molar-refractivity contribution in [3.05, 3.63) is 42.1 Å². The van der Waals surface area contributed by atoms with E-state index >= 15 is 0 Å². The van der Waals surface area contributed by atoms with E-state index in [1.807, 2.05) is 0 Å². The summed E-state index contributed by atoms with van der Waals surface area (Å²) >= 11 is 0. The van der Waals surface area contributed by atoms with Gasteiger partial charge in [-0.3, -0.25) is 0 Å². The molecular formula is C16H23N3O3S. The van der Waals surface area contributed by atoms with E-state index in [9.17, 15) is 13.2 Å². The molecule has 0 spiro atoms. The molecule has 0 unspecified atom stereocenters. The number of sulfonamides is 1. The van der Waals surface area contributed by atoms with E-state index in [0.29, 0.717) is 18.9 Å². The second-order valence-corrected chi connectivity index (χ2v) is 7.30. The predicted molar refractivity (Wildman–Crippen MR) is 89.2 cm³/mol. The first kappa shape index (κ1) is 17.5. The van der Waals surface area contributed by atoms with Crippen molar-refractivity contribution in [1.82, 2.24) is 10.6 Å². The second-order valence-electron chi connectivity index (χ2n) is 5.74. The van der Waals surface area contributed by atoms with Crippen LogP contribution in [0, 0.1) is 5.92 Å². The monoisotopic (exact) mass is 337 g/mol. The fourth-order valence-corrected chi connectivity index (χ4v) is 3.14. The molecule has 0 heterocycles. The molecule has 6 nitrogen and oxygen atoms in total. The Kier molecular flexibility index (Phi) is 6.18. The van der Waals surface area contributed by atoms with E-state index in [0.717, 1.165) is 5.56 Å². The number of carbonyl (C=O) groups is 1. The highest BCUT2D eigenvalue weighted by Gasteiger charge is 2.11. The number of hydrogen-bond donors (Lipinski definition) is 3. The molecule has 2 rings (SSSR count). The Hall–Kier alpha value is -1.86. The number of primary sulfonamides is 1. The Morgan fingerprint density at radius 2 is 1.87 bits per heavy atom. The fraction of sp³-hybridized carbons (Fsp3) is 0.438. The van der Waals surface area contributed by atoms with Crippen LogP contribution in [0.2, 0.25) is 0 Å². The van der Waals surface area contributed by atoms with Crippen molar-refractivity contribution in [2.45, 2.75) is 37.0 Å². The zero-order valence-electron chi connectivity index (χ0n) is 13.0. The van der Waals surface area contributed by atoms with E-state index in [-0.39, 0.29) is 10.9 Å². The number of nitrogens with one attached hydrogen (secondary N) is 2. The molecule has 0 radical (unpaired) electrons. The zero-order valence-corrected chi connectivity index (χ0v) is 13.8. The molecule has 23 heavy (non-hydrogen) atoms. The first-order valence-corrected chi connectivity index (χ1v) is 9.32. The molecular weight excluding hydrogens is 314 g/mol. The van der Waals surface area contributed by atoms with Gasteiger partial charge in [0, 0.05) is 12.7 Å². The van der Waals surface area contributed by atoms with Crippen LogP contribution in [-0.4, -0.2) is 21.0 Å². The zero-order chi connectivity index (χ0) is 16.7. The lowest BCUT2D eigenvalue weighted by Crippen LogP contribution is -2.33. The van der Waals surface area contributed by atoms with Crippen LogP contribution < -0.4 is 15.8 Å². The van der Waals surface area contributed by atoms with Crippen molar-refractivity contribution < 1.29 is 13.2 Å². The summed E-state index contributed by atoms with van der Waals surface area (Å²) < 4.78 is 22.3. The molecule has 0 bridgehead atoms. The highest BCUT2D eigenvalue weighted by Crippen LogP contribution is 2.25. The van der Waals surface area contributed by atoms with Gasteiger partial charge in [0.05, 0.1) is 4.90 Å². The molecule has 1 aromatic rings. The fourth-order valence-electron chi connectivity index (χ4n) is 2.63. The van der Waals surface area contributed by atoms with E-state index in [1.165, 1.54) is 37.8 Å². The molecule has 0 aliphatic heterocycles. The van der Waals surface area contributed by atoms with Gasteiger partial charge in [-0.15, -0.1) is 0 Å². The first-order valence-electron chi connectivity index (χ1n) is 7.78. The number of hydrogen-bond acceptors (Lipinski definition) is 3. The minimum absolute atomic E-state index is 0.0870. The summed E-state index contributed by atoms with van der Waals surface area (Å²) in [6.45, 7) is 0.470. The summed E-state index contributed by atoms with van der Waals surface area (Å²) in [6.07, 6.45) is 9.33. The highest BCUT2D eigenvalue weighted by molar-refractivity contribution is 7.89. The third-order valence-corrected chi connectivity index (χ3v) is 4.86. The third kappa shape index (κ3) is 6.03. The lowest BCUT2D eigenvalue weighted by molar-refractivity contribution is 0.244. The van der Waals surface area contributed by atoms with Gasteiger partial charge in [0.1, 0.15) is 0 Å². The van der Waals surface area contributed by atoms with Crippen LogP contribution >= 0.6 is 0 Å². The maximum absolute atomic E-state index is 11.6. The summed E-state index contributed by atoms with van der Waals surface area (Å²) in [5.41, 5.74) is 0.930. The number of carbonyl (C=O) groups excluding carboxylic acids is 1. The van der Waals surface area contributed by atoms with Gasteiger partial charge < -0.3 is 10.6 Å². The van der Waals surface area contributed by atoms with E-state index in [1.54, 1.807) is 18.3 Å². The van der Waals surface area contributed by atoms with E-state index < -0.39 is 10.0 Å². The molecule has 1 aliphatic carbocycles. The van der Waals surface area contributed by atoms with Crippen LogP contribution in [0.4, 0.5) is 4.79 Å². The third-order valence-electron chi connectivity index (χ3n) is 3.93. The summed E-state index contributed by atoms with van der Waals surface area (Å²) in [4.78, 5) is 11.7. The SMILES string of the molecule is NS(=O)(=O)c1ccc(CCNC(=O)N/C=C/C2CCCC2)cc1. The minimum Gasteiger partial charge on any atom is -0.338 e. The Morgan fingerprint density at radius 1 is 1.22 bits per heavy atom. The molecule has 0 saturated heterocycles. The Balaban J connectivity index is 1.68. The van der Waals surface area contributed by atoms with Crippen molar-refractivity contribution in [1.29, 1.82) is 0 Å². The van der Waals surface area contributed by atoms with E-state index in [2.05, 4.69) is 16.7 Å². The van der Waals surface area contributed by atoms with Crippen LogP contribution in [0.5, 0.6) is 0 Å². The summed E-state index contributed by atoms with van der Waals surface area (Å²) in [5, 5.41) is 10.5. The number of amides is 2. The first-order chi connectivity index (χ1) is 10.9. The van der Waals surface area contributed by atoms with Gasteiger partial charge in [-0.1, -0.05) is 31.1 Å². The molecule has 7 heteroatoms. The largest absolute Gasteiger partial charge is 0.338 e. The molecule has 1 saturated carbocycles. The number of nitrogens with two attached hydrogens (primary N) is 1. The number of urea groups is 1. The van der Waals surface area contributed by atoms with Crippen molar-refractivity contribution in [3.8, 4) is 0 Å². The van der Waals surface area contributed by atoms with Crippen LogP contribution in [0.25, 0.3) is 0 Å². The quantitative estimate of drug-likeness (QED) is 0.738. The Morgan fingerprint density at radius 3 is 2.48 bits per heavy atom. The molecule has 4 N–H and O–H groups in total. The summed E-state index contributed by atoms with van der Waals surface area (Å²) in [6, 6.07) is 6.09. The summed E-state index contributed by atoms with van der Waals surface area (Å²) in [5.74, 6) is 0.590.